The molecule has 2 atom stereocenters. The molecule has 1 aromatic carbocycles. The number of likely N-dealkylation sites (N-methyl/N-ethyl adjacent to an activating group) is 1. The lowest BCUT2D eigenvalue weighted by atomic mass is 10.1. The third-order valence-corrected chi connectivity index (χ3v) is 4.19. The van der Waals surface area contributed by atoms with E-state index < -0.39 is 0 Å². The Labute approximate surface area is 124 Å². The largest absolute Gasteiger partial charge is 0.384 e. The quantitative estimate of drug-likeness (QED) is 0.669. The van der Waals surface area contributed by atoms with E-state index in [1.165, 1.54) is 0 Å². The molecular weight excluding hydrogens is 264 g/mol. The van der Waals surface area contributed by atoms with Gasteiger partial charge < -0.3 is 15.4 Å². The summed E-state index contributed by atoms with van der Waals surface area (Å²) in [4.78, 5) is 6.85. The summed E-state index contributed by atoms with van der Waals surface area (Å²) in [5.41, 5.74) is 7.33. The van der Waals surface area contributed by atoms with Crippen molar-refractivity contribution in [1.82, 2.24) is 4.98 Å². The standard InChI is InChI=1S/C16H20N4O/c1-10-14(7-8-21-10)20(2)15-9-12(16(17)18)11-5-3-4-6-13(11)19-15/h3-6,9-10,14H,7-8H2,1-2H3,(H3,17,18). The number of anilines is 1. The maximum Gasteiger partial charge on any atom is 0.130 e. The van der Waals surface area contributed by atoms with Gasteiger partial charge in [-0.05, 0) is 25.5 Å². The van der Waals surface area contributed by atoms with E-state index in [0.29, 0.717) is 6.04 Å². The molecule has 21 heavy (non-hydrogen) atoms. The molecule has 2 heterocycles. The number of fused-ring (bicyclic) bond motifs is 1. The van der Waals surface area contributed by atoms with Gasteiger partial charge in [0.15, 0.2) is 0 Å². The number of nitrogen functional groups attached to an aromatic ring is 1. The molecule has 1 aliphatic heterocycles. The number of nitrogens with two attached hydrogens (primary N) is 1. The van der Waals surface area contributed by atoms with Crippen molar-refractivity contribution in [3.05, 3.63) is 35.9 Å². The van der Waals surface area contributed by atoms with E-state index in [-0.39, 0.29) is 11.9 Å². The highest BCUT2D eigenvalue weighted by atomic mass is 16.5. The van der Waals surface area contributed by atoms with Gasteiger partial charge in [0.25, 0.3) is 0 Å². The molecule has 1 saturated heterocycles. The summed E-state index contributed by atoms with van der Waals surface area (Å²) in [6, 6.07) is 9.99. The van der Waals surface area contributed by atoms with Crippen LogP contribution in [0.3, 0.4) is 0 Å². The fraction of sp³-hybridized carbons (Fsp3) is 0.375. The van der Waals surface area contributed by atoms with Gasteiger partial charge in [-0.15, -0.1) is 0 Å². The number of ether oxygens (including phenoxy) is 1. The van der Waals surface area contributed by atoms with Crippen molar-refractivity contribution in [2.45, 2.75) is 25.5 Å². The van der Waals surface area contributed by atoms with Gasteiger partial charge in [0.05, 0.1) is 17.7 Å². The Balaban J connectivity index is 2.08. The number of para-hydroxylation sites is 1. The number of nitrogens with one attached hydrogen (secondary N) is 1. The van der Waals surface area contributed by atoms with Crippen molar-refractivity contribution in [2.75, 3.05) is 18.6 Å². The smallest absolute Gasteiger partial charge is 0.130 e. The normalized spacial score (nSPS) is 21.6. The van der Waals surface area contributed by atoms with Crippen LogP contribution in [0.1, 0.15) is 18.9 Å². The second kappa shape index (κ2) is 5.33. The van der Waals surface area contributed by atoms with E-state index in [2.05, 4.69) is 11.8 Å². The van der Waals surface area contributed by atoms with Crippen LogP contribution in [0.5, 0.6) is 0 Å². The van der Waals surface area contributed by atoms with Gasteiger partial charge >= 0.3 is 0 Å². The van der Waals surface area contributed by atoms with Crippen molar-refractivity contribution < 1.29 is 4.74 Å². The summed E-state index contributed by atoms with van der Waals surface area (Å²) < 4.78 is 5.64. The minimum atomic E-state index is 0.0685. The summed E-state index contributed by atoms with van der Waals surface area (Å²) in [5.74, 6) is 0.903. The number of amidine groups is 1. The molecule has 5 heteroatoms. The van der Waals surface area contributed by atoms with Crippen LogP contribution in [0.2, 0.25) is 0 Å². The number of rotatable bonds is 3. The summed E-state index contributed by atoms with van der Waals surface area (Å²) >= 11 is 0. The summed E-state index contributed by atoms with van der Waals surface area (Å²) in [6.45, 7) is 2.87. The molecule has 1 aromatic heterocycles. The van der Waals surface area contributed by atoms with Crippen LogP contribution in [0, 0.1) is 5.41 Å². The Hall–Kier alpha value is -2.14. The predicted octanol–water partition coefficient (Wildman–Crippen LogP) is 2.13. The zero-order valence-electron chi connectivity index (χ0n) is 12.3. The van der Waals surface area contributed by atoms with Crippen molar-refractivity contribution >= 4 is 22.6 Å². The van der Waals surface area contributed by atoms with E-state index in [9.17, 15) is 0 Å². The first kappa shape index (κ1) is 13.8. The molecule has 0 aliphatic carbocycles. The molecule has 0 spiro atoms. The molecule has 3 rings (SSSR count). The highest BCUT2D eigenvalue weighted by Gasteiger charge is 2.29. The van der Waals surface area contributed by atoms with Gasteiger partial charge in [0, 0.05) is 24.6 Å². The molecule has 2 unspecified atom stereocenters. The third kappa shape index (κ3) is 2.45. The molecule has 3 N–H and O–H groups in total. The lowest BCUT2D eigenvalue weighted by molar-refractivity contribution is 0.118. The fourth-order valence-electron chi connectivity index (χ4n) is 2.96. The maximum absolute atomic E-state index is 7.81. The first-order valence-electron chi connectivity index (χ1n) is 7.16. The summed E-state index contributed by atoms with van der Waals surface area (Å²) in [5, 5.41) is 8.73. The molecule has 110 valence electrons. The van der Waals surface area contributed by atoms with Crippen LogP contribution in [-0.2, 0) is 4.74 Å². The Morgan fingerprint density at radius 2 is 2.19 bits per heavy atom. The Kier molecular flexibility index (Phi) is 3.51. The SMILES string of the molecule is CC1OCCC1N(C)c1cc(C(=N)N)c2ccccc2n1. The number of aromatic nitrogens is 1. The van der Waals surface area contributed by atoms with Crippen LogP contribution in [0.15, 0.2) is 30.3 Å². The molecular formula is C16H20N4O. The number of benzene rings is 1. The van der Waals surface area contributed by atoms with Gasteiger partial charge in [-0.3, -0.25) is 5.41 Å². The molecule has 1 aliphatic rings. The topological polar surface area (TPSA) is 75.2 Å². The van der Waals surface area contributed by atoms with Crippen LogP contribution in [0.25, 0.3) is 10.9 Å². The van der Waals surface area contributed by atoms with Crippen molar-refractivity contribution in [1.29, 1.82) is 5.41 Å². The monoisotopic (exact) mass is 284 g/mol. The van der Waals surface area contributed by atoms with Crippen molar-refractivity contribution in [2.24, 2.45) is 5.73 Å². The van der Waals surface area contributed by atoms with Crippen LogP contribution in [0.4, 0.5) is 5.82 Å². The van der Waals surface area contributed by atoms with Gasteiger partial charge in [0.2, 0.25) is 0 Å². The molecule has 2 aromatic rings. The number of nitrogens with zero attached hydrogens (tertiary/aromatic N) is 2. The van der Waals surface area contributed by atoms with Crippen molar-refractivity contribution in [3.63, 3.8) is 0 Å². The van der Waals surface area contributed by atoms with Crippen LogP contribution < -0.4 is 10.6 Å². The lowest BCUT2D eigenvalue weighted by Crippen LogP contribution is -2.37. The minimum absolute atomic E-state index is 0.0685. The van der Waals surface area contributed by atoms with Gasteiger partial charge in [0.1, 0.15) is 11.7 Å². The molecule has 0 radical (unpaired) electrons. The van der Waals surface area contributed by atoms with Crippen molar-refractivity contribution in [3.8, 4) is 0 Å². The van der Waals surface area contributed by atoms with Gasteiger partial charge in [-0.2, -0.15) is 0 Å². The van der Waals surface area contributed by atoms with E-state index in [0.717, 1.165) is 35.3 Å². The second-order valence-electron chi connectivity index (χ2n) is 5.50. The average Bonchev–Trinajstić information content (AvgIpc) is 2.91. The Bertz CT molecular complexity index is 685. The fourth-order valence-corrected chi connectivity index (χ4v) is 2.96. The highest BCUT2D eigenvalue weighted by molar-refractivity contribution is 6.07. The lowest BCUT2D eigenvalue weighted by Gasteiger charge is -2.28. The van der Waals surface area contributed by atoms with Gasteiger partial charge in [-0.1, -0.05) is 18.2 Å². The summed E-state index contributed by atoms with van der Waals surface area (Å²) in [6.07, 6.45) is 1.17. The first-order chi connectivity index (χ1) is 10.1. The maximum atomic E-state index is 7.81. The second-order valence-corrected chi connectivity index (χ2v) is 5.50. The zero-order valence-corrected chi connectivity index (χ0v) is 12.3. The van der Waals surface area contributed by atoms with E-state index in [4.69, 9.17) is 20.9 Å². The molecule has 1 fully saturated rings. The van der Waals surface area contributed by atoms with Gasteiger partial charge in [-0.25, -0.2) is 4.98 Å². The molecule has 0 amide bonds. The Morgan fingerprint density at radius 1 is 1.43 bits per heavy atom. The molecule has 5 nitrogen and oxygen atoms in total. The zero-order chi connectivity index (χ0) is 15.0. The predicted molar refractivity (Wildman–Crippen MR) is 85.0 cm³/mol. The number of pyridine rings is 1. The van der Waals surface area contributed by atoms with E-state index in [1.807, 2.05) is 37.4 Å². The van der Waals surface area contributed by atoms with E-state index >= 15 is 0 Å². The molecule has 0 saturated carbocycles. The third-order valence-electron chi connectivity index (χ3n) is 4.19. The summed E-state index contributed by atoms with van der Waals surface area (Å²) in [7, 11) is 2.02. The van der Waals surface area contributed by atoms with Crippen LogP contribution in [-0.4, -0.2) is 36.6 Å². The molecule has 0 bridgehead atoms. The van der Waals surface area contributed by atoms with E-state index in [1.54, 1.807) is 0 Å². The first-order valence-corrected chi connectivity index (χ1v) is 7.16. The minimum Gasteiger partial charge on any atom is -0.384 e. The number of hydrogen-bond acceptors (Lipinski definition) is 4. The number of hydrogen-bond donors (Lipinski definition) is 2. The highest BCUT2D eigenvalue weighted by Crippen LogP contribution is 2.27. The Morgan fingerprint density at radius 3 is 2.86 bits per heavy atom. The van der Waals surface area contributed by atoms with Crippen LogP contribution >= 0.6 is 0 Å². The average molecular weight is 284 g/mol.